The van der Waals surface area contributed by atoms with Gasteiger partial charge in [0.1, 0.15) is 12.4 Å². The number of carbonyl (C=O) groups excluding carboxylic acids is 2. The Bertz CT molecular complexity index is 1300. The first-order valence-electron chi connectivity index (χ1n) is 9.85. The van der Waals surface area contributed by atoms with Gasteiger partial charge >= 0.3 is 0 Å². The first-order chi connectivity index (χ1) is 15.9. The fourth-order valence-corrected chi connectivity index (χ4v) is 4.34. The summed E-state index contributed by atoms with van der Waals surface area (Å²) in [5.41, 5.74) is 2.86. The largest absolute Gasteiger partial charge is 0.489 e. The molecule has 1 fully saturated rings. The van der Waals surface area contributed by atoms with Crippen LogP contribution in [0.1, 0.15) is 22.3 Å². The SMILES string of the molecule is N#Cc1ccccc1COc1ccc(/C=C2\SC(=O)N(Cc3ccc(Cl)c(Cl)c3)C2=O)cc1. The molecule has 0 bridgehead atoms. The van der Waals surface area contributed by atoms with E-state index < -0.39 is 0 Å². The number of ether oxygens (including phenoxy) is 1. The van der Waals surface area contributed by atoms with E-state index in [9.17, 15) is 14.9 Å². The van der Waals surface area contributed by atoms with Gasteiger partial charge in [0.25, 0.3) is 11.1 Å². The molecule has 0 spiro atoms. The van der Waals surface area contributed by atoms with E-state index in [0.29, 0.717) is 31.8 Å². The molecular formula is C25H16Cl2N2O3S. The normalized spacial score (nSPS) is 14.6. The number of nitriles is 1. The van der Waals surface area contributed by atoms with E-state index in [-0.39, 0.29) is 24.3 Å². The zero-order chi connectivity index (χ0) is 23.4. The quantitative estimate of drug-likeness (QED) is 0.357. The van der Waals surface area contributed by atoms with Gasteiger partial charge in [0.05, 0.1) is 33.1 Å². The van der Waals surface area contributed by atoms with Gasteiger partial charge in [0, 0.05) is 5.56 Å². The third-order valence-corrected chi connectivity index (χ3v) is 6.55. The van der Waals surface area contributed by atoms with Crippen LogP contribution in [0.3, 0.4) is 0 Å². The molecule has 164 valence electrons. The average molecular weight is 495 g/mol. The van der Waals surface area contributed by atoms with E-state index in [2.05, 4.69) is 6.07 Å². The summed E-state index contributed by atoms with van der Waals surface area (Å²) in [5, 5.41) is 9.62. The van der Waals surface area contributed by atoms with Gasteiger partial charge in [-0.3, -0.25) is 14.5 Å². The van der Waals surface area contributed by atoms with Crippen LogP contribution in [-0.4, -0.2) is 16.0 Å². The van der Waals surface area contributed by atoms with E-state index in [1.165, 1.54) is 4.90 Å². The fourth-order valence-electron chi connectivity index (χ4n) is 3.18. The number of hydrogen-bond acceptors (Lipinski definition) is 5. The van der Waals surface area contributed by atoms with Crippen molar-refractivity contribution in [3.63, 3.8) is 0 Å². The second kappa shape index (κ2) is 10.1. The molecule has 1 saturated heterocycles. The molecule has 3 aromatic rings. The number of rotatable bonds is 6. The number of imide groups is 1. The van der Waals surface area contributed by atoms with Crippen molar-refractivity contribution in [1.29, 1.82) is 5.26 Å². The molecule has 3 aromatic carbocycles. The molecule has 0 saturated carbocycles. The topological polar surface area (TPSA) is 70.4 Å². The zero-order valence-electron chi connectivity index (χ0n) is 17.1. The maximum atomic E-state index is 12.8. The fraction of sp³-hybridized carbons (Fsp3) is 0.0800. The molecular weight excluding hydrogens is 479 g/mol. The van der Waals surface area contributed by atoms with E-state index in [1.807, 2.05) is 18.2 Å². The van der Waals surface area contributed by atoms with Crippen LogP contribution in [0.4, 0.5) is 4.79 Å². The Morgan fingerprint density at radius 2 is 1.76 bits per heavy atom. The molecule has 0 unspecified atom stereocenters. The van der Waals surface area contributed by atoms with E-state index >= 15 is 0 Å². The van der Waals surface area contributed by atoms with Gasteiger partial charge in [-0.1, -0.05) is 59.6 Å². The van der Waals surface area contributed by atoms with Gasteiger partial charge < -0.3 is 4.74 Å². The smallest absolute Gasteiger partial charge is 0.293 e. The zero-order valence-corrected chi connectivity index (χ0v) is 19.5. The van der Waals surface area contributed by atoms with Crippen molar-refractivity contribution in [2.75, 3.05) is 0 Å². The maximum Gasteiger partial charge on any atom is 0.293 e. The lowest BCUT2D eigenvalue weighted by Crippen LogP contribution is -2.27. The van der Waals surface area contributed by atoms with Crippen LogP contribution in [0.25, 0.3) is 6.08 Å². The highest BCUT2D eigenvalue weighted by Gasteiger charge is 2.35. The molecule has 5 nitrogen and oxygen atoms in total. The van der Waals surface area contributed by atoms with E-state index in [1.54, 1.807) is 54.6 Å². The number of amides is 2. The minimum Gasteiger partial charge on any atom is -0.489 e. The summed E-state index contributed by atoms with van der Waals surface area (Å²) in [4.78, 5) is 26.7. The second-order valence-corrected chi connectivity index (χ2v) is 8.95. The standard InChI is InChI=1S/C25H16Cl2N2O3S/c26-21-10-7-17(11-22(21)27)14-29-24(30)23(33-25(29)31)12-16-5-8-20(9-6-16)32-15-19-4-2-1-3-18(19)13-28/h1-12H,14-15H2/b23-12-. The highest BCUT2D eigenvalue weighted by Crippen LogP contribution is 2.34. The van der Waals surface area contributed by atoms with Crippen LogP contribution in [0.2, 0.25) is 10.0 Å². The summed E-state index contributed by atoms with van der Waals surface area (Å²) in [5.74, 6) is 0.275. The van der Waals surface area contributed by atoms with Crippen LogP contribution in [0.15, 0.2) is 71.6 Å². The van der Waals surface area contributed by atoms with E-state index in [0.717, 1.165) is 22.9 Å². The summed E-state index contributed by atoms with van der Waals surface area (Å²) < 4.78 is 5.77. The third kappa shape index (κ3) is 5.40. The van der Waals surface area contributed by atoms with Crippen molar-refractivity contribution in [3.05, 3.63) is 104 Å². The summed E-state index contributed by atoms with van der Waals surface area (Å²) in [7, 11) is 0. The van der Waals surface area contributed by atoms with Crippen LogP contribution < -0.4 is 4.74 Å². The van der Waals surface area contributed by atoms with Gasteiger partial charge in [-0.15, -0.1) is 0 Å². The second-order valence-electron chi connectivity index (χ2n) is 7.14. The Hall–Kier alpha value is -3.24. The summed E-state index contributed by atoms with van der Waals surface area (Å²) in [6, 6.07) is 21.6. The van der Waals surface area contributed by atoms with E-state index in [4.69, 9.17) is 27.9 Å². The van der Waals surface area contributed by atoms with Crippen molar-refractivity contribution in [2.45, 2.75) is 13.2 Å². The number of hydrogen-bond donors (Lipinski definition) is 0. The summed E-state index contributed by atoms with van der Waals surface area (Å²) in [6.45, 7) is 0.395. The Morgan fingerprint density at radius 3 is 2.48 bits per heavy atom. The third-order valence-electron chi connectivity index (χ3n) is 4.91. The predicted octanol–water partition coefficient (Wildman–Crippen LogP) is 6.68. The van der Waals surface area contributed by atoms with Crippen molar-refractivity contribution in [2.24, 2.45) is 0 Å². The molecule has 1 heterocycles. The Labute approximate surface area is 205 Å². The monoisotopic (exact) mass is 494 g/mol. The number of halogens is 2. The van der Waals surface area contributed by atoms with Crippen LogP contribution in [-0.2, 0) is 17.9 Å². The minimum absolute atomic E-state index is 0.121. The van der Waals surface area contributed by atoms with Crippen molar-refractivity contribution in [3.8, 4) is 11.8 Å². The van der Waals surface area contributed by atoms with Crippen molar-refractivity contribution in [1.82, 2.24) is 4.90 Å². The van der Waals surface area contributed by atoms with Gasteiger partial charge in [0.15, 0.2) is 0 Å². The van der Waals surface area contributed by atoms with Gasteiger partial charge in [-0.2, -0.15) is 5.26 Å². The minimum atomic E-state index is -0.357. The lowest BCUT2D eigenvalue weighted by atomic mass is 10.1. The molecule has 0 aliphatic carbocycles. The van der Waals surface area contributed by atoms with Crippen LogP contribution in [0, 0.1) is 11.3 Å². The molecule has 33 heavy (non-hydrogen) atoms. The van der Waals surface area contributed by atoms with Crippen molar-refractivity contribution < 1.29 is 14.3 Å². The molecule has 1 aliphatic rings. The molecule has 0 N–H and O–H groups in total. The first-order valence-corrected chi connectivity index (χ1v) is 11.4. The molecule has 0 atom stereocenters. The van der Waals surface area contributed by atoms with Gasteiger partial charge in [0.2, 0.25) is 0 Å². The van der Waals surface area contributed by atoms with Crippen LogP contribution >= 0.6 is 35.0 Å². The molecule has 1 aliphatic heterocycles. The first kappa shape index (κ1) is 22.9. The Kier molecular flexibility index (Phi) is 7.05. The Morgan fingerprint density at radius 1 is 1.00 bits per heavy atom. The van der Waals surface area contributed by atoms with Gasteiger partial charge in [-0.25, -0.2) is 0 Å². The number of nitrogens with zero attached hydrogens (tertiary/aromatic N) is 2. The summed E-state index contributed by atoms with van der Waals surface area (Å²) >= 11 is 12.9. The lowest BCUT2D eigenvalue weighted by molar-refractivity contribution is -0.123. The molecule has 0 aromatic heterocycles. The average Bonchev–Trinajstić information content (AvgIpc) is 3.08. The molecule has 8 heteroatoms. The summed E-state index contributed by atoms with van der Waals surface area (Å²) in [6.07, 6.45) is 1.68. The molecule has 4 rings (SSSR count). The Balaban J connectivity index is 1.42. The molecule has 0 radical (unpaired) electrons. The van der Waals surface area contributed by atoms with Crippen LogP contribution in [0.5, 0.6) is 5.75 Å². The van der Waals surface area contributed by atoms with Gasteiger partial charge in [-0.05, 0) is 59.3 Å². The highest BCUT2D eigenvalue weighted by atomic mass is 35.5. The predicted molar refractivity (Wildman–Crippen MR) is 130 cm³/mol. The molecule has 2 amide bonds. The van der Waals surface area contributed by atoms with Crippen molar-refractivity contribution >= 4 is 52.2 Å². The number of benzene rings is 3. The lowest BCUT2D eigenvalue weighted by Gasteiger charge is -2.13. The maximum absolute atomic E-state index is 12.8. The number of thioether (sulfide) groups is 1. The number of carbonyl (C=O) groups is 2. The highest BCUT2D eigenvalue weighted by molar-refractivity contribution is 8.18.